The lowest BCUT2D eigenvalue weighted by molar-refractivity contribution is -0.121. The molecule has 0 heterocycles. The van der Waals surface area contributed by atoms with Crippen LogP contribution in [0.5, 0.6) is 0 Å². The fraction of sp³-hybridized carbons (Fsp3) is 0.200. The topological polar surface area (TPSA) is 61.4 Å². The maximum atomic E-state index is 13.1. The Labute approximate surface area is 188 Å². The van der Waals surface area contributed by atoms with Gasteiger partial charge < -0.3 is 15.5 Å². The highest BCUT2D eigenvalue weighted by Gasteiger charge is 2.22. The third-order valence-corrected chi connectivity index (χ3v) is 5.27. The summed E-state index contributed by atoms with van der Waals surface area (Å²) in [7, 11) is 0. The molecule has 0 bridgehead atoms. The summed E-state index contributed by atoms with van der Waals surface area (Å²) in [6, 6.07) is 26.0. The van der Waals surface area contributed by atoms with E-state index in [1.807, 2.05) is 67.6 Å². The summed E-state index contributed by atoms with van der Waals surface area (Å²) in [6.45, 7) is 2.71. The quantitative estimate of drug-likeness (QED) is 0.480. The highest BCUT2D eigenvalue weighted by Crippen LogP contribution is 2.22. The molecule has 0 saturated carbocycles. The molecule has 0 aliphatic carbocycles. The van der Waals surface area contributed by atoms with Crippen LogP contribution in [0.1, 0.15) is 30.5 Å². The molecule has 0 aliphatic rings. The van der Waals surface area contributed by atoms with Crippen molar-refractivity contribution in [3.63, 3.8) is 0 Å². The average molecular weight is 436 g/mol. The van der Waals surface area contributed by atoms with E-state index in [0.29, 0.717) is 17.3 Å². The molecule has 0 spiro atoms. The number of benzene rings is 3. The predicted octanol–water partition coefficient (Wildman–Crippen LogP) is 5.64. The summed E-state index contributed by atoms with van der Waals surface area (Å²) in [4.78, 5) is 27.1. The molecule has 0 aliphatic heterocycles. The molecule has 3 aromatic carbocycles. The van der Waals surface area contributed by atoms with Gasteiger partial charge in [-0.25, -0.2) is 4.79 Å². The van der Waals surface area contributed by atoms with E-state index in [0.717, 1.165) is 11.1 Å². The van der Waals surface area contributed by atoms with Crippen molar-refractivity contribution in [2.24, 2.45) is 0 Å². The fourth-order valence-electron chi connectivity index (χ4n) is 3.22. The number of urea groups is 1. The molecule has 0 saturated heterocycles. The molecular weight excluding hydrogens is 410 g/mol. The third kappa shape index (κ3) is 6.86. The second-order valence-electron chi connectivity index (χ2n) is 7.23. The second-order valence-corrected chi connectivity index (χ2v) is 7.67. The summed E-state index contributed by atoms with van der Waals surface area (Å²) in [5, 5.41) is 6.41. The first kappa shape index (κ1) is 22.4. The first-order chi connectivity index (χ1) is 15.0. The van der Waals surface area contributed by atoms with Crippen LogP contribution in [0, 0.1) is 0 Å². The Kier molecular flexibility index (Phi) is 8.07. The SMILES string of the molecule is CC(c1ccccc1)N(CCC(=O)NCc1ccccc1)C(=O)Nc1ccc(Cl)cc1. The molecule has 0 fully saturated rings. The monoisotopic (exact) mass is 435 g/mol. The number of hydrogen-bond donors (Lipinski definition) is 2. The molecule has 0 aromatic heterocycles. The molecule has 6 heteroatoms. The number of nitrogens with zero attached hydrogens (tertiary/aromatic N) is 1. The van der Waals surface area contributed by atoms with Crippen molar-refractivity contribution in [3.05, 3.63) is 101 Å². The van der Waals surface area contributed by atoms with E-state index in [4.69, 9.17) is 11.6 Å². The number of nitrogens with one attached hydrogen (secondary N) is 2. The lowest BCUT2D eigenvalue weighted by atomic mass is 10.1. The van der Waals surface area contributed by atoms with Crippen LogP contribution in [0.4, 0.5) is 10.5 Å². The van der Waals surface area contributed by atoms with Gasteiger partial charge in [-0.1, -0.05) is 72.3 Å². The van der Waals surface area contributed by atoms with Gasteiger partial charge >= 0.3 is 6.03 Å². The molecule has 2 N–H and O–H groups in total. The number of rotatable bonds is 8. The van der Waals surface area contributed by atoms with Gasteiger partial charge in [0.2, 0.25) is 5.91 Å². The van der Waals surface area contributed by atoms with Crippen LogP contribution in [0.15, 0.2) is 84.9 Å². The summed E-state index contributed by atoms with van der Waals surface area (Å²) in [5.41, 5.74) is 2.68. The van der Waals surface area contributed by atoms with Gasteiger partial charge in [0.15, 0.2) is 0 Å². The van der Waals surface area contributed by atoms with Crippen LogP contribution >= 0.6 is 11.6 Å². The molecule has 3 amide bonds. The zero-order valence-electron chi connectivity index (χ0n) is 17.4. The van der Waals surface area contributed by atoms with E-state index in [-0.39, 0.29) is 30.9 Å². The van der Waals surface area contributed by atoms with E-state index >= 15 is 0 Å². The Balaban J connectivity index is 1.65. The van der Waals surface area contributed by atoms with Crippen molar-refractivity contribution >= 4 is 29.2 Å². The van der Waals surface area contributed by atoms with Crippen LogP contribution in [0.25, 0.3) is 0 Å². The molecule has 0 radical (unpaired) electrons. The number of carbonyl (C=O) groups excluding carboxylic acids is 2. The van der Waals surface area contributed by atoms with Crippen LogP contribution < -0.4 is 10.6 Å². The largest absolute Gasteiger partial charge is 0.352 e. The van der Waals surface area contributed by atoms with E-state index in [1.165, 1.54) is 0 Å². The predicted molar refractivity (Wildman–Crippen MR) is 125 cm³/mol. The van der Waals surface area contributed by atoms with Crippen LogP contribution in [0.3, 0.4) is 0 Å². The summed E-state index contributed by atoms with van der Waals surface area (Å²) in [5.74, 6) is -0.103. The molecule has 3 rings (SSSR count). The first-order valence-corrected chi connectivity index (χ1v) is 10.6. The molecule has 3 aromatic rings. The molecular formula is C25H26ClN3O2. The summed E-state index contributed by atoms with van der Waals surface area (Å²) in [6.07, 6.45) is 0.206. The fourth-order valence-corrected chi connectivity index (χ4v) is 3.34. The van der Waals surface area contributed by atoms with Gasteiger partial charge in [-0.15, -0.1) is 0 Å². The molecule has 1 unspecified atom stereocenters. The van der Waals surface area contributed by atoms with E-state index in [9.17, 15) is 9.59 Å². The lowest BCUT2D eigenvalue weighted by Gasteiger charge is -2.29. The Morgan fingerprint density at radius 1 is 0.903 bits per heavy atom. The highest BCUT2D eigenvalue weighted by molar-refractivity contribution is 6.30. The normalized spacial score (nSPS) is 11.4. The van der Waals surface area contributed by atoms with Gasteiger partial charge in [0, 0.05) is 30.2 Å². The van der Waals surface area contributed by atoms with Gasteiger partial charge in [0.25, 0.3) is 0 Å². The Morgan fingerprint density at radius 3 is 2.16 bits per heavy atom. The van der Waals surface area contributed by atoms with Gasteiger partial charge in [0.1, 0.15) is 0 Å². The van der Waals surface area contributed by atoms with E-state index in [1.54, 1.807) is 29.2 Å². The van der Waals surface area contributed by atoms with E-state index in [2.05, 4.69) is 10.6 Å². The van der Waals surface area contributed by atoms with E-state index < -0.39 is 0 Å². The zero-order chi connectivity index (χ0) is 22.1. The van der Waals surface area contributed by atoms with Gasteiger partial charge in [0.05, 0.1) is 6.04 Å². The minimum atomic E-state index is -0.269. The van der Waals surface area contributed by atoms with Crippen LogP contribution in [0.2, 0.25) is 5.02 Å². The van der Waals surface area contributed by atoms with Crippen molar-refractivity contribution in [2.75, 3.05) is 11.9 Å². The number of halogens is 1. The Morgan fingerprint density at radius 2 is 1.52 bits per heavy atom. The molecule has 1 atom stereocenters. The lowest BCUT2D eigenvalue weighted by Crippen LogP contribution is -2.39. The summed E-state index contributed by atoms with van der Waals surface area (Å²) < 4.78 is 0. The minimum absolute atomic E-state index is 0.103. The third-order valence-electron chi connectivity index (χ3n) is 5.02. The van der Waals surface area contributed by atoms with Crippen LogP contribution in [-0.2, 0) is 11.3 Å². The van der Waals surface area contributed by atoms with Gasteiger partial charge in [-0.05, 0) is 42.3 Å². The molecule has 31 heavy (non-hydrogen) atoms. The Hall–Kier alpha value is -3.31. The number of anilines is 1. The smallest absolute Gasteiger partial charge is 0.322 e. The Bertz CT molecular complexity index is 979. The number of amides is 3. The molecule has 5 nitrogen and oxygen atoms in total. The maximum absolute atomic E-state index is 13.1. The van der Waals surface area contributed by atoms with Crippen molar-refractivity contribution < 1.29 is 9.59 Å². The zero-order valence-corrected chi connectivity index (χ0v) is 18.2. The molecule has 160 valence electrons. The minimum Gasteiger partial charge on any atom is -0.352 e. The standard InChI is InChI=1S/C25H26ClN3O2/c1-19(21-10-6-3-7-11-21)29(25(31)28-23-14-12-22(26)13-15-23)17-16-24(30)27-18-20-8-4-2-5-9-20/h2-15,19H,16-18H2,1H3,(H,27,30)(H,28,31). The van der Waals surface area contributed by atoms with Crippen molar-refractivity contribution in [1.82, 2.24) is 10.2 Å². The van der Waals surface area contributed by atoms with Crippen molar-refractivity contribution in [3.8, 4) is 0 Å². The first-order valence-electron chi connectivity index (χ1n) is 10.2. The average Bonchev–Trinajstić information content (AvgIpc) is 2.80. The summed E-state index contributed by atoms with van der Waals surface area (Å²) >= 11 is 5.93. The van der Waals surface area contributed by atoms with Gasteiger partial charge in [-0.2, -0.15) is 0 Å². The number of hydrogen-bond acceptors (Lipinski definition) is 2. The number of carbonyl (C=O) groups is 2. The van der Waals surface area contributed by atoms with Crippen LogP contribution in [-0.4, -0.2) is 23.4 Å². The maximum Gasteiger partial charge on any atom is 0.322 e. The van der Waals surface area contributed by atoms with Crippen molar-refractivity contribution in [2.45, 2.75) is 25.9 Å². The highest BCUT2D eigenvalue weighted by atomic mass is 35.5. The van der Waals surface area contributed by atoms with Crippen molar-refractivity contribution in [1.29, 1.82) is 0 Å². The second kappa shape index (κ2) is 11.2. The van der Waals surface area contributed by atoms with Gasteiger partial charge in [-0.3, -0.25) is 4.79 Å².